The lowest BCUT2D eigenvalue weighted by molar-refractivity contribution is -0.131. The maximum Gasteiger partial charge on any atom is 0.222 e. The Morgan fingerprint density at radius 3 is 2.75 bits per heavy atom. The SMILES string of the molecule is CCc1oc2ccccc2c1CN(C)C(=O)CC1CCS(=O)(=O)C1. The fourth-order valence-electron chi connectivity index (χ4n) is 3.37. The summed E-state index contributed by atoms with van der Waals surface area (Å²) in [5.41, 5.74) is 1.88. The van der Waals surface area contributed by atoms with E-state index in [4.69, 9.17) is 4.42 Å². The van der Waals surface area contributed by atoms with Gasteiger partial charge in [-0.15, -0.1) is 0 Å². The maximum absolute atomic E-state index is 12.5. The van der Waals surface area contributed by atoms with Gasteiger partial charge >= 0.3 is 0 Å². The number of carbonyl (C=O) groups excluding carboxylic acids is 1. The van der Waals surface area contributed by atoms with E-state index in [2.05, 4.69) is 0 Å². The molecule has 24 heavy (non-hydrogen) atoms. The Hall–Kier alpha value is -1.82. The van der Waals surface area contributed by atoms with E-state index in [1.807, 2.05) is 31.2 Å². The minimum absolute atomic E-state index is 0.00978. The van der Waals surface area contributed by atoms with Gasteiger partial charge < -0.3 is 9.32 Å². The van der Waals surface area contributed by atoms with Crippen molar-refractivity contribution in [2.75, 3.05) is 18.6 Å². The first-order chi connectivity index (χ1) is 11.4. The molecule has 0 spiro atoms. The van der Waals surface area contributed by atoms with E-state index in [-0.39, 0.29) is 23.3 Å². The second-order valence-corrected chi connectivity index (χ2v) is 8.81. The first kappa shape index (κ1) is 17.0. The largest absolute Gasteiger partial charge is 0.461 e. The molecular formula is C18H23NO4S. The van der Waals surface area contributed by atoms with Crippen LogP contribution < -0.4 is 0 Å². The number of nitrogens with zero attached hydrogens (tertiary/aromatic N) is 1. The molecule has 0 bridgehead atoms. The van der Waals surface area contributed by atoms with E-state index in [0.29, 0.717) is 19.4 Å². The summed E-state index contributed by atoms with van der Waals surface area (Å²) in [5, 5.41) is 1.04. The molecule has 2 aromatic rings. The Morgan fingerprint density at radius 2 is 2.08 bits per heavy atom. The van der Waals surface area contributed by atoms with E-state index in [9.17, 15) is 13.2 Å². The van der Waals surface area contributed by atoms with Crippen LogP contribution in [0.4, 0.5) is 0 Å². The first-order valence-corrected chi connectivity index (χ1v) is 10.2. The number of fused-ring (bicyclic) bond motifs is 1. The van der Waals surface area contributed by atoms with E-state index in [0.717, 1.165) is 28.7 Å². The van der Waals surface area contributed by atoms with Gasteiger partial charge in [-0.05, 0) is 18.4 Å². The van der Waals surface area contributed by atoms with Gasteiger partial charge in [-0.3, -0.25) is 4.79 Å². The highest BCUT2D eigenvalue weighted by atomic mass is 32.2. The summed E-state index contributed by atoms with van der Waals surface area (Å²) < 4.78 is 29.0. The van der Waals surface area contributed by atoms with Crippen molar-refractivity contribution in [3.8, 4) is 0 Å². The highest BCUT2D eigenvalue weighted by Crippen LogP contribution is 2.28. The van der Waals surface area contributed by atoms with E-state index < -0.39 is 9.84 Å². The van der Waals surface area contributed by atoms with Crippen molar-refractivity contribution in [1.29, 1.82) is 0 Å². The van der Waals surface area contributed by atoms with Crippen molar-refractivity contribution >= 4 is 26.7 Å². The van der Waals surface area contributed by atoms with Crippen molar-refractivity contribution in [1.82, 2.24) is 4.90 Å². The summed E-state index contributed by atoms with van der Waals surface area (Å²) in [4.78, 5) is 14.2. The predicted molar refractivity (Wildman–Crippen MR) is 93.4 cm³/mol. The van der Waals surface area contributed by atoms with Gasteiger partial charge in [0, 0.05) is 37.4 Å². The molecule has 0 radical (unpaired) electrons. The number of hydrogen-bond donors (Lipinski definition) is 0. The third-order valence-corrected chi connectivity index (χ3v) is 6.55. The molecule has 1 aliphatic heterocycles. The zero-order chi connectivity index (χ0) is 17.3. The van der Waals surface area contributed by atoms with Crippen LogP contribution in [0.3, 0.4) is 0 Å². The van der Waals surface area contributed by atoms with Crippen LogP contribution in [0.1, 0.15) is 31.1 Å². The van der Waals surface area contributed by atoms with Gasteiger partial charge in [0.15, 0.2) is 9.84 Å². The highest BCUT2D eigenvalue weighted by molar-refractivity contribution is 7.91. The lowest BCUT2D eigenvalue weighted by Gasteiger charge is -2.19. The topological polar surface area (TPSA) is 67.6 Å². The average molecular weight is 349 g/mol. The summed E-state index contributed by atoms with van der Waals surface area (Å²) in [6.07, 6.45) is 1.66. The van der Waals surface area contributed by atoms with Crippen LogP contribution in [0, 0.1) is 5.92 Å². The van der Waals surface area contributed by atoms with Crippen LogP contribution in [-0.4, -0.2) is 37.8 Å². The highest BCUT2D eigenvalue weighted by Gasteiger charge is 2.30. The minimum atomic E-state index is -2.94. The molecule has 5 nitrogen and oxygen atoms in total. The van der Waals surface area contributed by atoms with Gasteiger partial charge in [0.1, 0.15) is 11.3 Å². The first-order valence-electron chi connectivity index (χ1n) is 8.33. The third-order valence-electron chi connectivity index (χ3n) is 4.71. The molecule has 2 heterocycles. The Labute approximate surface area is 142 Å². The molecule has 1 saturated heterocycles. The van der Waals surface area contributed by atoms with Crippen LogP contribution in [0.25, 0.3) is 11.0 Å². The number of sulfone groups is 1. The van der Waals surface area contributed by atoms with Gasteiger partial charge in [0.2, 0.25) is 5.91 Å². The van der Waals surface area contributed by atoms with Gasteiger partial charge in [0.25, 0.3) is 0 Å². The number of rotatable bonds is 5. The molecule has 6 heteroatoms. The summed E-state index contributed by atoms with van der Waals surface area (Å²) >= 11 is 0. The Kier molecular flexibility index (Phi) is 4.67. The van der Waals surface area contributed by atoms with Gasteiger partial charge in [-0.25, -0.2) is 8.42 Å². The minimum Gasteiger partial charge on any atom is -0.461 e. The van der Waals surface area contributed by atoms with Crippen LogP contribution in [-0.2, 0) is 27.6 Å². The monoisotopic (exact) mass is 349 g/mol. The number of benzene rings is 1. The van der Waals surface area contributed by atoms with Gasteiger partial charge in [-0.2, -0.15) is 0 Å². The molecule has 1 fully saturated rings. The molecule has 1 unspecified atom stereocenters. The molecular weight excluding hydrogens is 326 g/mol. The number of hydrogen-bond acceptors (Lipinski definition) is 4. The molecule has 130 valence electrons. The number of para-hydroxylation sites is 1. The molecule has 0 aliphatic carbocycles. The second kappa shape index (κ2) is 6.59. The van der Waals surface area contributed by atoms with E-state index >= 15 is 0 Å². The molecule has 0 saturated carbocycles. The quantitative estimate of drug-likeness (QED) is 0.832. The van der Waals surface area contributed by atoms with Crippen molar-refractivity contribution in [2.45, 2.75) is 32.7 Å². The fraction of sp³-hybridized carbons (Fsp3) is 0.500. The van der Waals surface area contributed by atoms with Crippen LogP contribution >= 0.6 is 0 Å². The predicted octanol–water partition coefficient (Wildman–Crippen LogP) is 2.78. The molecule has 1 amide bonds. The smallest absolute Gasteiger partial charge is 0.222 e. The number of aryl methyl sites for hydroxylation is 1. The van der Waals surface area contributed by atoms with Gasteiger partial charge in [-0.1, -0.05) is 25.1 Å². The molecule has 3 rings (SSSR count). The second-order valence-electron chi connectivity index (χ2n) is 6.58. The van der Waals surface area contributed by atoms with E-state index in [1.54, 1.807) is 11.9 Å². The van der Waals surface area contributed by atoms with Crippen molar-refractivity contribution in [2.24, 2.45) is 5.92 Å². The van der Waals surface area contributed by atoms with Crippen LogP contribution in [0.2, 0.25) is 0 Å². The van der Waals surface area contributed by atoms with Crippen molar-refractivity contribution in [3.63, 3.8) is 0 Å². The zero-order valence-electron chi connectivity index (χ0n) is 14.1. The molecule has 0 N–H and O–H groups in total. The molecule has 1 aromatic carbocycles. The fourth-order valence-corrected chi connectivity index (χ4v) is 5.23. The lowest BCUT2D eigenvalue weighted by atomic mass is 10.0. The molecule has 1 aliphatic rings. The average Bonchev–Trinajstić information content (AvgIpc) is 3.07. The molecule has 1 atom stereocenters. The standard InChI is InChI=1S/C18H23NO4S/c1-3-16-15(14-6-4-5-7-17(14)23-16)11-19(2)18(20)10-13-8-9-24(21,22)12-13/h4-7,13H,3,8-12H2,1-2H3. The summed E-state index contributed by atoms with van der Waals surface area (Å²) in [6, 6.07) is 7.84. The normalized spacial score (nSPS) is 19.7. The van der Waals surface area contributed by atoms with Gasteiger partial charge in [0.05, 0.1) is 11.5 Å². The lowest BCUT2D eigenvalue weighted by Crippen LogP contribution is -2.28. The zero-order valence-corrected chi connectivity index (χ0v) is 14.9. The summed E-state index contributed by atoms with van der Waals surface area (Å²) in [7, 11) is -1.17. The Bertz CT molecular complexity index is 853. The summed E-state index contributed by atoms with van der Waals surface area (Å²) in [5.74, 6) is 1.20. The third kappa shape index (κ3) is 3.48. The Balaban J connectivity index is 1.72. The van der Waals surface area contributed by atoms with Crippen LogP contribution in [0.15, 0.2) is 28.7 Å². The van der Waals surface area contributed by atoms with E-state index in [1.165, 1.54) is 0 Å². The number of amides is 1. The van der Waals surface area contributed by atoms with Crippen molar-refractivity contribution < 1.29 is 17.6 Å². The maximum atomic E-state index is 12.5. The van der Waals surface area contributed by atoms with Crippen molar-refractivity contribution in [3.05, 3.63) is 35.6 Å². The number of furan rings is 1. The summed E-state index contributed by atoms with van der Waals surface area (Å²) in [6.45, 7) is 2.52. The Morgan fingerprint density at radius 1 is 1.33 bits per heavy atom. The molecule has 1 aromatic heterocycles. The van der Waals surface area contributed by atoms with Crippen LogP contribution in [0.5, 0.6) is 0 Å². The number of carbonyl (C=O) groups is 1.